The number of carbonyl (C=O) groups excluding carboxylic acids is 1. The number of likely N-dealkylation sites (tertiary alicyclic amines) is 1. The molecule has 0 aromatic rings. The molecule has 0 aromatic heterocycles. The van der Waals surface area contributed by atoms with E-state index in [1.165, 1.54) is 0 Å². The maximum Gasteiger partial charge on any atom is 0.317 e. The van der Waals surface area contributed by atoms with E-state index in [0.717, 1.165) is 6.42 Å². The highest BCUT2D eigenvalue weighted by atomic mass is 16.4. The van der Waals surface area contributed by atoms with Gasteiger partial charge in [-0.1, -0.05) is 19.9 Å². The van der Waals surface area contributed by atoms with E-state index >= 15 is 0 Å². The Morgan fingerprint density at radius 1 is 1.42 bits per heavy atom. The molecule has 0 spiro atoms. The van der Waals surface area contributed by atoms with Crippen molar-refractivity contribution in [1.82, 2.24) is 10.2 Å². The molecule has 19 heavy (non-hydrogen) atoms. The van der Waals surface area contributed by atoms with Gasteiger partial charge in [0, 0.05) is 19.6 Å². The third kappa shape index (κ3) is 4.93. The SMILES string of the molecule is C=CCC(C)(C)CNC(=O)N1CCC(C(=O)O)CC1. The molecule has 1 aliphatic rings. The van der Waals surface area contributed by atoms with Crippen LogP contribution < -0.4 is 5.32 Å². The van der Waals surface area contributed by atoms with Gasteiger partial charge in [-0.3, -0.25) is 4.79 Å². The average molecular weight is 268 g/mol. The molecule has 0 saturated carbocycles. The minimum absolute atomic E-state index is 0.00318. The number of urea groups is 1. The molecule has 0 aromatic carbocycles. The number of hydrogen-bond donors (Lipinski definition) is 2. The van der Waals surface area contributed by atoms with Gasteiger partial charge in [-0.05, 0) is 24.7 Å². The lowest BCUT2D eigenvalue weighted by Crippen LogP contribution is -2.47. The molecule has 1 fully saturated rings. The molecule has 0 radical (unpaired) electrons. The lowest BCUT2D eigenvalue weighted by molar-refractivity contribution is -0.143. The second-order valence-electron chi connectivity index (χ2n) is 5.92. The highest BCUT2D eigenvalue weighted by molar-refractivity contribution is 5.75. The van der Waals surface area contributed by atoms with Crippen molar-refractivity contribution in [3.8, 4) is 0 Å². The second-order valence-corrected chi connectivity index (χ2v) is 5.92. The van der Waals surface area contributed by atoms with Crippen LogP contribution in [0.3, 0.4) is 0 Å². The smallest absolute Gasteiger partial charge is 0.317 e. The van der Waals surface area contributed by atoms with Gasteiger partial charge in [0.1, 0.15) is 0 Å². The molecule has 1 saturated heterocycles. The fraction of sp³-hybridized carbons (Fsp3) is 0.714. The summed E-state index contributed by atoms with van der Waals surface area (Å²) in [5.74, 6) is -1.06. The largest absolute Gasteiger partial charge is 0.481 e. The third-order valence-electron chi connectivity index (χ3n) is 3.55. The molecule has 1 rings (SSSR count). The number of carboxylic acid groups (broad SMARTS) is 1. The number of rotatable bonds is 5. The number of amides is 2. The summed E-state index contributed by atoms with van der Waals surface area (Å²) in [6.07, 6.45) is 3.77. The number of hydrogen-bond acceptors (Lipinski definition) is 2. The Bertz CT molecular complexity index is 345. The van der Waals surface area contributed by atoms with E-state index in [1.54, 1.807) is 4.90 Å². The molecule has 108 valence electrons. The topological polar surface area (TPSA) is 69.6 Å². The summed E-state index contributed by atoms with van der Waals surface area (Å²) in [5.41, 5.74) is -0.00318. The minimum atomic E-state index is -0.757. The Morgan fingerprint density at radius 2 is 2.00 bits per heavy atom. The second kappa shape index (κ2) is 6.59. The Kier molecular flexibility index (Phi) is 5.39. The fourth-order valence-electron chi connectivity index (χ4n) is 2.22. The van der Waals surface area contributed by atoms with Crippen molar-refractivity contribution in [3.63, 3.8) is 0 Å². The Balaban J connectivity index is 2.35. The highest BCUT2D eigenvalue weighted by Gasteiger charge is 2.27. The normalized spacial score (nSPS) is 17.1. The van der Waals surface area contributed by atoms with Gasteiger partial charge in [0.15, 0.2) is 0 Å². The molecule has 5 heteroatoms. The quantitative estimate of drug-likeness (QED) is 0.750. The third-order valence-corrected chi connectivity index (χ3v) is 3.55. The first-order chi connectivity index (χ1) is 8.85. The Labute approximate surface area is 114 Å². The number of nitrogens with zero attached hydrogens (tertiary/aromatic N) is 1. The van der Waals surface area contributed by atoms with E-state index in [2.05, 4.69) is 25.7 Å². The summed E-state index contributed by atoms with van der Waals surface area (Å²) in [6.45, 7) is 9.49. The van der Waals surface area contributed by atoms with Gasteiger partial charge in [-0.2, -0.15) is 0 Å². The molecule has 0 atom stereocenters. The van der Waals surface area contributed by atoms with Gasteiger partial charge >= 0.3 is 12.0 Å². The van der Waals surface area contributed by atoms with Crippen molar-refractivity contribution in [2.24, 2.45) is 11.3 Å². The van der Waals surface area contributed by atoms with Gasteiger partial charge in [0.2, 0.25) is 0 Å². The van der Waals surface area contributed by atoms with Gasteiger partial charge in [-0.15, -0.1) is 6.58 Å². The van der Waals surface area contributed by atoms with Crippen LogP contribution in [-0.4, -0.2) is 41.6 Å². The van der Waals surface area contributed by atoms with Crippen molar-refractivity contribution in [2.75, 3.05) is 19.6 Å². The minimum Gasteiger partial charge on any atom is -0.481 e. The van der Waals surface area contributed by atoms with Crippen LogP contribution in [0.15, 0.2) is 12.7 Å². The zero-order chi connectivity index (χ0) is 14.5. The molecule has 2 amide bonds. The Hall–Kier alpha value is -1.52. The summed E-state index contributed by atoms with van der Waals surface area (Å²) in [6, 6.07) is -0.0963. The predicted octanol–water partition coefficient (Wildman–Crippen LogP) is 2.09. The summed E-state index contributed by atoms with van der Waals surface area (Å²) in [4.78, 5) is 24.5. The van der Waals surface area contributed by atoms with E-state index in [9.17, 15) is 9.59 Å². The molecule has 0 unspecified atom stereocenters. The molecule has 1 heterocycles. The van der Waals surface area contributed by atoms with Crippen molar-refractivity contribution in [3.05, 3.63) is 12.7 Å². The lowest BCUT2D eigenvalue weighted by Gasteiger charge is -2.31. The summed E-state index contributed by atoms with van der Waals surface area (Å²) in [5, 5.41) is 11.8. The Morgan fingerprint density at radius 3 is 2.47 bits per heavy atom. The number of allylic oxidation sites excluding steroid dienone is 1. The standard InChI is InChI=1S/C14H24N2O3/c1-4-7-14(2,3)10-15-13(19)16-8-5-11(6-9-16)12(17)18/h4,11H,1,5-10H2,2-3H3,(H,15,19)(H,17,18). The maximum absolute atomic E-state index is 12.0. The number of aliphatic carboxylic acids is 1. The number of carbonyl (C=O) groups is 2. The van der Waals surface area contributed by atoms with Gasteiger partial charge < -0.3 is 15.3 Å². The molecule has 1 aliphatic heterocycles. The zero-order valence-corrected chi connectivity index (χ0v) is 11.8. The van der Waals surface area contributed by atoms with Crippen LogP contribution in [0.4, 0.5) is 4.79 Å². The molecule has 0 aliphatic carbocycles. The van der Waals surface area contributed by atoms with Gasteiger partial charge in [-0.25, -0.2) is 4.79 Å². The molecule has 2 N–H and O–H groups in total. The van der Waals surface area contributed by atoms with Crippen LogP contribution in [0.25, 0.3) is 0 Å². The molecule has 5 nitrogen and oxygen atoms in total. The van der Waals surface area contributed by atoms with E-state index in [1.807, 2.05) is 6.08 Å². The van der Waals surface area contributed by atoms with Crippen molar-refractivity contribution in [2.45, 2.75) is 33.1 Å². The highest BCUT2D eigenvalue weighted by Crippen LogP contribution is 2.20. The predicted molar refractivity (Wildman–Crippen MR) is 73.9 cm³/mol. The lowest BCUT2D eigenvalue weighted by atomic mass is 9.89. The number of nitrogens with one attached hydrogen (secondary N) is 1. The van der Waals surface area contributed by atoms with Crippen LogP contribution in [0.5, 0.6) is 0 Å². The van der Waals surface area contributed by atoms with Crippen molar-refractivity contribution >= 4 is 12.0 Å². The summed E-state index contributed by atoms with van der Waals surface area (Å²) < 4.78 is 0. The van der Waals surface area contributed by atoms with Gasteiger partial charge in [0.25, 0.3) is 0 Å². The maximum atomic E-state index is 12.0. The first kappa shape index (κ1) is 15.5. The summed E-state index contributed by atoms with van der Waals surface area (Å²) in [7, 11) is 0. The number of piperidine rings is 1. The van der Waals surface area contributed by atoms with Gasteiger partial charge in [0.05, 0.1) is 5.92 Å². The van der Waals surface area contributed by atoms with Crippen LogP contribution in [0.2, 0.25) is 0 Å². The average Bonchev–Trinajstić information content (AvgIpc) is 2.36. The van der Waals surface area contributed by atoms with Crippen LogP contribution in [-0.2, 0) is 4.79 Å². The van der Waals surface area contributed by atoms with E-state index in [4.69, 9.17) is 5.11 Å². The fourth-order valence-corrected chi connectivity index (χ4v) is 2.22. The monoisotopic (exact) mass is 268 g/mol. The first-order valence-corrected chi connectivity index (χ1v) is 6.72. The van der Waals surface area contributed by atoms with Crippen LogP contribution in [0, 0.1) is 11.3 Å². The number of carboxylic acids is 1. The van der Waals surface area contributed by atoms with Crippen LogP contribution >= 0.6 is 0 Å². The van der Waals surface area contributed by atoms with E-state index < -0.39 is 5.97 Å². The molecular weight excluding hydrogens is 244 g/mol. The first-order valence-electron chi connectivity index (χ1n) is 6.72. The van der Waals surface area contributed by atoms with Crippen molar-refractivity contribution in [1.29, 1.82) is 0 Å². The van der Waals surface area contributed by atoms with E-state index in [0.29, 0.717) is 32.5 Å². The molecule has 0 bridgehead atoms. The zero-order valence-electron chi connectivity index (χ0n) is 11.8. The van der Waals surface area contributed by atoms with Crippen LogP contribution in [0.1, 0.15) is 33.1 Å². The summed E-state index contributed by atoms with van der Waals surface area (Å²) >= 11 is 0. The molecular formula is C14H24N2O3. The van der Waals surface area contributed by atoms with Crippen molar-refractivity contribution < 1.29 is 14.7 Å². The van der Waals surface area contributed by atoms with E-state index in [-0.39, 0.29) is 17.4 Å².